The molecule has 0 aromatic rings. The van der Waals surface area contributed by atoms with Crippen molar-refractivity contribution >= 4 is 0 Å². The molecule has 0 bridgehead atoms. The minimum Gasteiger partial charge on any atom is -0.372 e. The van der Waals surface area contributed by atoms with E-state index < -0.39 is 0 Å². The van der Waals surface area contributed by atoms with Gasteiger partial charge in [0.2, 0.25) is 0 Å². The van der Waals surface area contributed by atoms with Crippen LogP contribution in [-0.4, -0.2) is 17.7 Å². The molecule has 3 fully saturated rings. The fourth-order valence-electron chi connectivity index (χ4n) is 4.66. The van der Waals surface area contributed by atoms with Crippen LogP contribution in [0.4, 0.5) is 0 Å². The molecule has 2 nitrogen and oxygen atoms in total. The quantitative estimate of drug-likeness (QED) is 0.828. The van der Waals surface area contributed by atoms with Crippen LogP contribution in [0.2, 0.25) is 0 Å². The van der Waals surface area contributed by atoms with E-state index in [9.17, 15) is 0 Å². The number of hydrogen-bond donors (Lipinski definition) is 1. The molecule has 1 heterocycles. The van der Waals surface area contributed by atoms with Crippen molar-refractivity contribution in [2.75, 3.05) is 0 Å². The summed E-state index contributed by atoms with van der Waals surface area (Å²) in [6, 6.07) is 0.439. The van der Waals surface area contributed by atoms with Crippen molar-refractivity contribution in [3.8, 4) is 0 Å². The van der Waals surface area contributed by atoms with Crippen molar-refractivity contribution in [3.05, 3.63) is 0 Å². The molecule has 2 aliphatic carbocycles. The second-order valence-corrected chi connectivity index (χ2v) is 7.31. The smallest absolute Gasteiger partial charge is 0.0687 e. The van der Waals surface area contributed by atoms with Gasteiger partial charge < -0.3 is 10.5 Å². The topological polar surface area (TPSA) is 35.2 Å². The second kappa shape index (κ2) is 6.13. The molecule has 3 rings (SSSR count). The van der Waals surface area contributed by atoms with E-state index in [-0.39, 0.29) is 0 Å². The van der Waals surface area contributed by atoms with Crippen molar-refractivity contribution in [1.82, 2.24) is 0 Å². The van der Waals surface area contributed by atoms with Crippen molar-refractivity contribution in [2.45, 2.75) is 101 Å². The molecule has 0 radical (unpaired) electrons. The van der Waals surface area contributed by atoms with Gasteiger partial charge in [0.1, 0.15) is 0 Å². The third-order valence-corrected chi connectivity index (χ3v) is 5.93. The molecule has 0 aromatic heterocycles. The lowest BCUT2D eigenvalue weighted by atomic mass is 9.83. The Hall–Kier alpha value is -0.0800. The lowest BCUT2D eigenvalue weighted by Crippen LogP contribution is -2.33. The van der Waals surface area contributed by atoms with Gasteiger partial charge in [-0.2, -0.15) is 0 Å². The van der Waals surface area contributed by atoms with Gasteiger partial charge >= 0.3 is 0 Å². The highest BCUT2D eigenvalue weighted by Crippen LogP contribution is 2.43. The van der Waals surface area contributed by atoms with Gasteiger partial charge in [-0.25, -0.2) is 0 Å². The van der Waals surface area contributed by atoms with Gasteiger partial charge in [-0.3, -0.25) is 0 Å². The molecule has 3 aliphatic rings. The first-order valence-electron chi connectivity index (χ1n) is 8.71. The van der Waals surface area contributed by atoms with Crippen molar-refractivity contribution in [1.29, 1.82) is 0 Å². The molecular formula is C17H31NO. The Balaban J connectivity index is 1.41. The van der Waals surface area contributed by atoms with Crippen molar-refractivity contribution in [3.63, 3.8) is 0 Å². The minimum atomic E-state index is 0.292. The van der Waals surface area contributed by atoms with E-state index in [0.29, 0.717) is 17.7 Å². The Morgan fingerprint density at radius 3 is 2.42 bits per heavy atom. The van der Waals surface area contributed by atoms with Crippen molar-refractivity contribution < 1.29 is 4.74 Å². The lowest BCUT2D eigenvalue weighted by Gasteiger charge is -2.33. The average molecular weight is 265 g/mol. The maximum atomic E-state index is 6.45. The largest absolute Gasteiger partial charge is 0.372 e. The third-order valence-electron chi connectivity index (χ3n) is 5.93. The van der Waals surface area contributed by atoms with Gasteiger partial charge in [0.15, 0.2) is 0 Å². The van der Waals surface area contributed by atoms with Crippen LogP contribution in [0, 0.1) is 5.92 Å². The summed E-state index contributed by atoms with van der Waals surface area (Å²) in [5.74, 6) is 0.810. The SMILES string of the molecule is NC(CCC1CCC2(CCCCC2)O1)C1CCCC1. The van der Waals surface area contributed by atoms with Crippen LogP contribution in [0.5, 0.6) is 0 Å². The van der Waals surface area contributed by atoms with E-state index in [0.717, 1.165) is 5.92 Å². The van der Waals surface area contributed by atoms with Crippen LogP contribution in [0.15, 0.2) is 0 Å². The number of ether oxygens (including phenoxy) is 1. The van der Waals surface area contributed by atoms with Gasteiger partial charge in [0.25, 0.3) is 0 Å². The fraction of sp³-hybridized carbons (Fsp3) is 1.00. The summed E-state index contributed by atoms with van der Waals surface area (Å²) in [4.78, 5) is 0. The highest BCUT2D eigenvalue weighted by Gasteiger charge is 2.40. The summed E-state index contributed by atoms with van der Waals surface area (Å²) in [7, 11) is 0. The molecular weight excluding hydrogens is 234 g/mol. The second-order valence-electron chi connectivity index (χ2n) is 7.31. The van der Waals surface area contributed by atoms with Crippen LogP contribution in [0.25, 0.3) is 0 Å². The summed E-state index contributed by atoms with van der Waals surface area (Å²) >= 11 is 0. The maximum absolute atomic E-state index is 6.45. The predicted molar refractivity (Wildman–Crippen MR) is 79.1 cm³/mol. The van der Waals surface area contributed by atoms with Gasteiger partial charge in [-0.05, 0) is 57.3 Å². The zero-order chi connectivity index (χ0) is 13.1. The first-order chi connectivity index (χ1) is 9.27. The van der Waals surface area contributed by atoms with Crippen molar-refractivity contribution in [2.24, 2.45) is 11.7 Å². The fourth-order valence-corrected chi connectivity index (χ4v) is 4.66. The Morgan fingerprint density at radius 2 is 1.68 bits per heavy atom. The van der Waals surface area contributed by atoms with Crippen LogP contribution >= 0.6 is 0 Å². The summed E-state index contributed by atoms with van der Waals surface area (Å²) < 4.78 is 6.45. The molecule has 1 spiro atoms. The molecule has 2 heteroatoms. The van der Waals surface area contributed by atoms with E-state index in [1.165, 1.54) is 83.5 Å². The molecule has 2 saturated carbocycles. The van der Waals surface area contributed by atoms with Crippen LogP contribution in [0.1, 0.15) is 83.5 Å². The number of nitrogens with two attached hydrogens (primary N) is 1. The summed E-state index contributed by atoms with van der Waals surface area (Å²) in [6.45, 7) is 0. The van der Waals surface area contributed by atoms with Crippen LogP contribution < -0.4 is 5.73 Å². The minimum absolute atomic E-state index is 0.292. The van der Waals surface area contributed by atoms with Gasteiger partial charge in [0, 0.05) is 6.04 Å². The molecule has 2 unspecified atom stereocenters. The zero-order valence-electron chi connectivity index (χ0n) is 12.4. The highest BCUT2D eigenvalue weighted by atomic mass is 16.5. The molecule has 2 atom stereocenters. The average Bonchev–Trinajstić information content (AvgIpc) is 3.08. The molecule has 1 saturated heterocycles. The summed E-state index contributed by atoms with van der Waals surface area (Å²) in [6.07, 6.45) is 17.9. The zero-order valence-corrected chi connectivity index (χ0v) is 12.4. The van der Waals surface area contributed by atoms with E-state index in [1.807, 2.05) is 0 Å². The van der Waals surface area contributed by atoms with Gasteiger partial charge in [0.05, 0.1) is 11.7 Å². The standard InChI is InChI=1S/C17H31NO/c18-16(14-6-2-3-7-14)9-8-15-10-13-17(19-15)11-4-1-5-12-17/h14-16H,1-13,18H2. The molecule has 19 heavy (non-hydrogen) atoms. The number of rotatable bonds is 4. The van der Waals surface area contributed by atoms with E-state index in [1.54, 1.807) is 0 Å². The van der Waals surface area contributed by atoms with E-state index >= 15 is 0 Å². The molecule has 1 aliphatic heterocycles. The van der Waals surface area contributed by atoms with Gasteiger partial charge in [-0.15, -0.1) is 0 Å². The maximum Gasteiger partial charge on any atom is 0.0687 e. The first-order valence-corrected chi connectivity index (χ1v) is 8.71. The van der Waals surface area contributed by atoms with Crippen LogP contribution in [-0.2, 0) is 4.74 Å². The van der Waals surface area contributed by atoms with E-state index in [2.05, 4.69) is 0 Å². The Morgan fingerprint density at radius 1 is 0.947 bits per heavy atom. The number of hydrogen-bond acceptors (Lipinski definition) is 2. The van der Waals surface area contributed by atoms with Crippen LogP contribution in [0.3, 0.4) is 0 Å². The Labute approximate surface area is 118 Å². The Kier molecular flexibility index (Phi) is 4.48. The molecule has 110 valence electrons. The Bertz CT molecular complexity index is 279. The van der Waals surface area contributed by atoms with E-state index in [4.69, 9.17) is 10.5 Å². The normalized spacial score (nSPS) is 33.0. The first kappa shape index (κ1) is 13.9. The van der Waals surface area contributed by atoms with Gasteiger partial charge in [-0.1, -0.05) is 32.1 Å². The lowest BCUT2D eigenvalue weighted by molar-refractivity contribution is -0.0666. The summed E-state index contributed by atoms with van der Waals surface area (Å²) in [5, 5.41) is 0. The molecule has 0 aromatic carbocycles. The third kappa shape index (κ3) is 3.33. The summed E-state index contributed by atoms with van der Waals surface area (Å²) in [5.41, 5.74) is 6.66. The molecule has 2 N–H and O–H groups in total. The monoisotopic (exact) mass is 265 g/mol. The highest BCUT2D eigenvalue weighted by molar-refractivity contribution is 4.91. The molecule has 0 amide bonds. The predicted octanol–water partition coefficient (Wildman–Crippen LogP) is 4.17.